The van der Waals surface area contributed by atoms with Crippen molar-refractivity contribution < 1.29 is 4.79 Å². The second-order valence-electron chi connectivity index (χ2n) is 9.77. The Morgan fingerprint density at radius 3 is 1.68 bits per heavy atom. The fourth-order valence-electron chi connectivity index (χ4n) is 1.73. The molecule has 0 radical (unpaired) electrons. The first-order chi connectivity index (χ1) is 12.8. The van der Waals surface area contributed by atoms with Crippen LogP contribution in [0.4, 0.5) is 0 Å². The highest BCUT2D eigenvalue weighted by Gasteiger charge is 2.14. The zero-order valence-electron chi connectivity index (χ0n) is 21.4. The van der Waals surface area contributed by atoms with Gasteiger partial charge in [0.1, 0.15) is 5.78 Å². The number of rotatable bonds is 5. The number of benzene rings is 1. The van der Waals surface area contributed by atoms with E-state index < -0.39 is 0 Å². The van der Waals surface area contributed by atoms with Crippen molar-refractivity contribution in [2.24, 2.45) is 17.3 Å². The Bertz CT molecular complexity index is 461. The van der Waals surface area contributed by atoms with Crippen LogP contribution in [0, 0.1) is 24.2 Å². The van der Waals surface area contributed by atoms with Gasteiger partial charge in [-0.3, -0.25) is 4.79 Å². The lowest BCUT2D eigenvalue weighted by Gasteiger charge is -2.11. The molecule has 0 fully saturated rings. The van der Waals surface area contributed by atoms with Crippen molar-refractivity contribution in [2.45, 2.75) is 115 Å². The van der Waals surface area contributed by atoms with Gasteiger partial charge in [-0.25, -0.2) is 0 Å². The quantitative estimate of drug-likeness (QED) is 0.457. The standard InChI is InChI=1S/C9H12.C8H18.C6H12O.C4H10/c1-3-9-6-4-5-8(2)7-9;1-4-5-6-7-8(2)3;1-5(7)6(2,3)4;1-4(2)3/h4-7H,3H2,1-2H3;8H,4-7H2,1-3H3;1-4H3;4H,1-3H3. The topological polar surface area (TPSA) is 17.1 Å². The summed E-state index contributed by atoms with van der Waals surface area (Å²) in [5.74, 6) is 1.98. The second kappa shape index (κ2) is 19.2. The van der Waals surface area contributed by atoms with Crippen LogP contribution in [0.5, 0.6) is 0 Å². The average molecular weight is 393 g/mol. The summed E-state index contributed by atoms with van der Waals surface area (Å²) in [5, 5.41) is 0. The predicted octanol–water partition coefficient (Wildman–Crippen LogP) is 9.06. The molecule has 0 aliphatic rings. The van der Waals surface area contributed by atoms with E-state index in [0.29, 0.717) is 0 Å². The molecule has 0 aliphatic carbocycles. The largest absolute Gasteiger partial charge is 0.299 e. The molecule has 0 aromatic heterocycles. The van der Waals surface area contributed by atoms with Gasteiger partial charge >= 0.3 is 0 Å². The van der Waals surface area contributed by atoms with Crippen molar-refractivity contribution in [3.05, 3.63) is 35.4 Å². The summed E-state index contributed by atoms with van der Waals surface area (Å²) >= 11 is 0. The summed E-state index contributed by atoms with van der Waals surface area (Å²) in [4.78, 5) is 10.5. The first kappa shape index (κ1) is 31.6. The molecular weight excluding hydrogens is 340 g/mol. The number of carbonyl (C=O) groups is 1. The monoisotopic (exact) mass is 392 g/mol. The lowest BCUT2D eigenvalue weighted by atomic mass is 9.92. The van der Waals surface area contributed by atoms with Gasteiger partial charge in [0.05, 0.1) is 0 Å². The number of carbonyl (C=O) groups excluding carboxylic acids is 1. The lowest BCUT2D eigenvalue weighted by molar-refractivity contribution is -0.124. The maximum Gasteiger partial charge on any atom is 0.135 e. The van der Waals surface area contributed by atoms with Gasteiger partial charge in [0.15, 0.2) is 0 Å². The Balaban J connectivity index is -0.000000309. The third kappa shape index (κ3) is 29.6. The molecule has 1 rings (SSSR count). The van der Waals surface area contributed by atoms with Crippen LogP contribution in [0.1, 0.15) is 113 Å². The highest BCUT2D eigenvalue weighted by Crippen LogP contribution is 2.12. The van der Waals surface area contributed by atoms with E-state index in [0.717, 1.165) is 18.3 Å². The molecular formula is C27H52O. The van der Waals surface area contributed by atoms with Gasteiger partial charge in [0, 0.05) is 5.41 Å². The van der Waals surface area contributed by atoms with Gasteiger partial charge < -0.3 is 0 Å². The van der Waals surface area contributed by atoms with Crippen molar-refractivity contribution in [3.8, 4) is 0 Å². The van der Waals surface area contributed by atoms with Gasteiger partial charge in [-0.15, -0.1) is 0 Å². The molecule has 0 aliphatic heterocycles. The zero-order valence-corrected chi connectivity index (χ0v) is 21.4. The van der Waals surface area contributed by atoms with Crippen LogP contribution in [0.15, 0.2) is 24.3 Å². The molecule has 1 heteroatoms. The molecule has 1 aromatic carbocycles. The van der Waals surface area contributed by atoms with Crippen LogP contribution >= 0.6 is 0 Å². The van der Waals surface area contributed by atoms with Crippen LogP contribution in [-0.2, 0) is 11.2 Å². The Morgan fingerprint density at radius 2 is 1.43 bits per heavy atom. The molecule has 1 aromatic rings. The Hall–Kier alpha value is -1.11. The molecule has 166 valence electrons. The highest BCUT2D eigenvalue weighted by atomic mass is 16.1. The average Bonchev–Trinajstić information content (AvgIpc) is 2.54. The van der Waals surface area contributed by atoms with Crippen LogP contribution < -0.4 is 0 Å². The summed E-state index contributed by atoms with van der Waals surface area (Å²) in [7, 11) is 0. The van der Waals surface area contributed by atoms with Gasteiger partial charge in [-0.2, -0.15) is 0 Å². The van der Waals surface area contributed by atoms with E-state index >= 15 is 0 Å². The molecule has 0 N–H and O–H groups in total. The van der Waals surface area contributed by atoms with Crippen molar-refractivity contribution in [1.82, 2.24) is 0 Å². The molecule has 0 saturated heterocycles. The normalized spacial score (nSPS) is 10.2. The summed E-state index contributed by atoms with van der Waals surface area (Å²) in [5.41, 5.74) is 2.64. The second-order valence-corrected chi connectivity index (χ2v) is 9.77. The molecule has 28 heavy (non-hydrogen) atoms. The number of ketones is 1. The lowest BCUT2D eigenvalue weighted by Crippen LogP contribution is -2.15. The number of hydrogen-bond acceptors (Lipinski definition) is 1. The smallest absolute Gasteiger partial charge is 0.135 e. The number of Topliss-reactive ketones (excluding diaryl/α,β-unsaturated/α-hetero) is 1. The fourth-order valence-corrected chi connectivity index (χ4v) is 1.73. The number of hydrogen-bond donors (Lipinski definition) is 0. The summed E-state index contributed by atoms with van der Waals surface area (Å²) < 4.78 is 0. The minimum absolute atomic E-state index is 0.139. The maximum absolute atomic E-state index is 10.5. The zero-order chi connectivity index (χ0) is 22.8. The maximum atomic E-state index is 10.5. The minimum Gasteiger partial charge on any atom is -0.299 e. The van der Waals surface area contributed by atoms with Crippen LogP contribution in [-0.4, -0.2) is 5.78 Å². The molecule has 0 saturated carbocycles. The van der Waals surface area contributed by atoms with Crippen LogP contribution in [0.25, 0.3) is 0 Å². The molecule has 0 spiro atoms. The third-order valence-electron chi connectivity index (χ3n) is 3.93. The molecule has 0 atom stereocenters. The number of unbranched alkanes of at least 4 members (excludes halogenated alkanes) is 2. The first-order valence-corrected chi connectivity index (χ1v) is 11.3. The van der Waals surface area contributed by atoms with Crippen molar-refractivity contribution in [2.75, 3.05) is 0 Å². The van der Waals surface area contributed by atoms with Gasteiger partial charge in [0.2, 0.25) is 0 Å². The summed E-state index contributed by atoms with van der Waals surface area (Å²) in [6.45, 7) is 25.0. The van der Waals surface area contributed by atoms with E-state index in [1.165, 1.54) is 36.8 Å². The van der Waals surface area contributed by atoms with Crippen molar-refractivity contribution in [1.29, 1.82) is 0 Å². The van der Waals surface area contributed by atoms with Gasteiger partial charge in [-0.1, -0.05) is 125 Å². The first-order valence-electron chi connectivity index (χ1n) is 11.3. The van der Waals surface area contributed by atoms with Crippen molar-refractivity contribution >= 4 is 5.78 Å². The van der Waals surface area contributed by atoms with E-state index in [-0.39, 0.29) is 11.2 Å². The number of aryl methyl sites for hydroxylation is 2. The van der Waals surface area contributed by atoms with Gasteiger partial charge in [-0.05, 0) is 37.7 Å². The van der Waals surface area contributed by atoms with E-state index in [2.05, 4.69) is 79.7 Å². The van der Waals surface area contributed by atoms with Crippen molar-refractivity contribution in [3.63, 3.8) is 0 Å². The van der Waals surface area contributed by atoms with Crippen LogP contribution in [0.2, 0.25) is 0 Å². The Morgan fingerprint density at radius 1 is 0.964 bits per heavy atom. The molecule has 0 heterocycles. The van der Waals surface area contributed by atoms with Crippen LogP contribution in [0.3, 0.4) is 0 Å². The van der Waals surface area contributed by atoms with E-state index in [1.807, 2.05) is 20.8 Å². The Kier molecular flexibility index (Phi) is 21.7. The molecule has 0 bridgehead atoms. The molecule has 1 nitrogen and oxygen atoms in total. The minimum atomic E-state index is -0.139. The third-order valence-corrected chi connectivity index (χ3v) is 3.93. The Labute approximate surface area is 178 Å². The fraction of sp³-hybridized carbons (Fsp3) is 0.741. The predicted molar refractivity (Wildman–Crippen MR) is 130 cm³/mol. The van der Waals surface area contributed by atoms with Gasteiger partial charge in [0.25, 0.3) is 0 Å². The van der Waals surface area contributed by atoms with E-state index in [4.69, 9.17) is 0 Å². The highest BCUT2D eigenvalue weighted by molar-refractivity contribution is 5.80. The van der Waals surface area contributed by atoms with E-state index in [9.17, 15) is 4.79 Å². The van der Waals surface area contributed by atoms with E-state index in [1.54, 1.807) is 6.92 Å². The summed E-state index contributed by atoms with van der Waals surface area (Å²) in [6, 6.07) is 8.61. The molecule has 0 unspecified atom stereocenters. The summed E-state index contributed by atoms with van der Waals surface area (Å²) in [6.07, 6.45) is 6.74. The SMILES string of the molecule is CC(=O)C(C)(C)C.CC(C)C.CCCCCC(C)C.CCc1cccc(C)c1. The molecule has 0 amide bonds.